The van der Waals surface area contributed by atoms with Crippen molar-refractivity contribution >= 4 is 11.3 Å². The summed E-state index contributed by atoms with van der Waals surface area (Å²) in [5.41, 5.74) is 2.83. The molecule has 0 atom stereocenters. The van der Waals surface area contributed by atoms with Crippen LogP contribution < -0.4 is 9.47 Å². The number of para-hydroxylation sites is 1. The smallest absolute Gasteiger partial charge is 0.135 e. The zero-order valence-corrected chi connectivity index (χ0v) is 17.8. The summed E-state index contributed by atoms with van der Waals surface area (Å²) in [6.45, 7) is 0. The summed E-state index contributed by atoms with van der Waals surface area (Å²) in [5.74, 6) is 2.40. The average Bonchev–Trinajstić information content (AvgIpc) is 3.37. The van der Waals surface area contributed by atoms with E-state index in [2.05, 4.69) is 29.6 Å². The van der Waals surface area contributed by atoms with Crippen molar-refractivity contribution in [3.8, 4) is 44.6 Å². The molecule has 4 aromatic carbocycles. The van der Waals surface area contributed by atoms with E-state index in [0.717, 1.165) is 28.2 Å². The topological polar surface area (TPSA) is 18.5 Å². The highest BCUT2D eigenvalue weighted by molar-refractivity contribution is 7.13. The molecule has 5 aromatic rings. The van der Waals surface area contributed by atoms with Crippen LogP contribution in [0.5, 0.6) is 23.0 Å². The molecular weight excluding hydrogens is 419 g/mol. The van der Waals surface area contributed by atoms with Crippen LogP contribution in [0.2, 0.25) is 0 Å². The Labute approximate surface area is 190 Å². The quantitative estimate of drug-likeness (QED) is 0.265. The first-order chi connectivity index (χ1) is 15.7. The number of hydrogen-bond donors (Lipinski definition) is 0. The van der Waals surface area contributed by atoms with Crippen LogP contribution in [0.25, 0.3) is 21.6 Å². The lowest BCUT2D eigenvalue weighted by atomic mass is 10.0. The summed E-state index contributed by atoms with van der Waals surface area (Å²) in [4.78, 5) is 1.17. The molecule has 1 aromatic heterocycles. The minimum Gasteiger partial charge on any atom is -0.457 e. The zero-order chi connectivity index (χ0) is 21.8. The Morgan fingerprint density at radius 1 is 0.688 bits per heavy atom. The Kier molecular flexibility index (Phi) is 5.69. The van der Waals surface area contributed by atoms with Gasteiger partial charge in [0.1, 0.15) is 28.8 Å². The number of halogens is 1. The first-order valence-electron chi connectivity index (χ1n) is 10.1. The van der Waals surface area contributed by atoms with E-state index in [-0.39, 0.29) is 5.82 Å². The SMILES string of the molecule is Fc1ccc(Oc2cc[c]c(-c3ccc(-c4cccs4)cc3Oc3ccccc3)c2)cc1. The summed E-state index contributed by atoms with van der Waals surface area (Å²) in [6, 6.07) is 34.8. The van der Waals surface area contributed by atoms with Crippen molar-refractivity contribution in [3.05, 3.63) is 120 Å². The van der Waals surface area contributed by atoms with Crippen molar-refractivity contribution in [1.29, 1.82) is 0 Å². The predicted molar refractivity (Wildman–Crippen MR) is 127 cm³/mol. The number of thiophene rings is 1. The molecule has 0 N–H and O–H groups in total. The predicted octanol–water partition coefficient (Wildman–Crippen LogP) is 8.61. The average molecular weight is 438 g/mol. The highest BCUT2D eigenvalue weighted by Crippen LogP contribution is 2.39. The summed E-state index contributed by atoms with van der Waals surface area (Å²) in [6.07, 6.45) is 0. The van der Waals surface area contributed by atoms with E-state index >= 15 is 0 Å². The fraction of sp³-hybridized carbons (Fsp3) is 0. The molecule has 4 heteroatoms. The molecule has 0 saturated carbocycles. The van der Waals surface area contributed by atoms with Gasteiger partial charge in [-0.15, -0.1) is 11.3 Å². The van der Waals surface area contributed by atoms with Gasteiger partial charge in [0.15, 0.2) is 0 Å². The molecule has 5 rings (SSSR count). The van der Waals surface area contributed by atoms with E-state index < -0.39 is 0 Å². The largest absolute Gasteiger partial charge is 0.457 e. The minimum atomic E-state index is -0.298. The molecule has 32 heavy (non-hydrogen) atoms. The van der Waals surface area contributed by atoms with Gasteiger partial charge < -0.3 is 9.47 Å². The lowest BCUT2D eigenvalue weighted by Crippen LogP contribution is -1.91. The van der Waals surface area contributed by atoms with Gasteiger partial charge in [0.25, 0.3) is 0 Å². The lowest BCUT2D eigenvalue weighted by Gasteiger charge is -2.14. The van der Waals surface area contributed by atoms with Crippen molar-refractivity contribution in [2.45, 2.75) is 0 Å². The number of benzene rings is 4. The third kappa shape index (κ3) is 4.56. The van der Waals surface area contributed by atoms with Crippen LogP contribution in [0, 0.1) is 11.9 Å². The van der Waals surface area contributed by atoms with Crippen molar-refractivity contribution in [1.82, 2.24) is 0 Å². The van der Waals surface area contributed by atoms with E-state index in [0.29, 0.717) is 11.5 Å². The molecule has 0 amide bonds. The minimum absolute atomic E-state index is 0.298. The molecule has 0 aliphatic carbocycles. The van der Waals surface area contributed by atoms with Crippen LogP contribution in [-0.4, -0.2) is 0 Å². The maximum Gasteiger partial charge on any atom is 0.135 e. The zero-order valence-electron chi connectivity index (χ0n) is 17.0. The van der Waals surface area contributed by atoms with E-state index in [1.54, 1.807) is 23.5 Å². The maximum atomic E-state index is 13.2. The molecule has 1 heterocycles. The van der Waals surface area contributed by atoms with E-state index in [1.807, 2.05) is 60.7 Å². The molecule has 155 valence electrons. The van der Waals surface area contributed by atoms with Crippen LogP contribution in [0.4, 0.5) is 4.39 Å². The molecule has 0 fully saturated rings. The van der Waals surface area contributed by atoms with Crippen molar-refractivity contribution in [2.24, 2.45) is 0 Å². The number of ether oxygens (including phenoxy) is 2. The van der Waals surface area contributed by atoms with Gasteiger partial charge in [-0.25, -0.2) is 4.39 Å². The van der Waals surface area contributed by atoms with Crippen molar-refractivity contribution < 1.29 is 13.9 Å². The van der Waals surface area contributed by atoms with Crippen molar-refractivity contribution in [2.75, 3.05) is 0 Å². The van der Waals surface area contributed by atoms with E-state index in [4.69, 9.17) is 9.47 Å². The van der Waals surface area contributed by atoms with Crippen LogP contribution >= 0.6 is 11.3 Å². The first-order valence-corrected chi connectivity index (χ1v) is 11.0. The Morgan fingerprint density at radius 3 is 2.28 bits per heavy atom. The summed E-state index contributed by atoms with van der Waals surface area (Å²) < 4.78 is 25.4. The van der Waals surface area contributed by atoms with Crippen LogP contribution in [-0.2, 0) is 0 Å². The Balaban J connectivity index is 1.52. The second-order valence-electron chi connectivity index (χ2n) is 7.10. The van der Waals surface area contributed by atoms with Gasteiger partial charge in [-0.05, 0) is 89.3 Å². The molecule has 0 bridgehead atoms. The molecule has 0 saturated heterocycles. The highest BCUT2D eigenvalue weighted by atomic mass is 32.1. The molecule has 1 radical (unpaired) electrons. The van der Waals surface area contributed by atoms with Gasteiger partial charge in [-0.1, -0.05) is 36.4 Å². The van der Waals surface area contributed by atoms with Gasteiger partial charge in [-0.2, -0.15) is 0 Å². The summed E-state index contributed by atoms with van der Waals surface area (Å²) in [5, 5.41) is 2.06. The number of hydrogen-bond acceptors (Lipinski definition) is 3. The maximum absolute atomic E-state index is 13.2. The molecule has 0 spiro atoms. The normalized spacial score (nSPS) is 10.7. The van der Waals surface area contributed by atoms with Gasteiger partial charge in [0, 0.05) is 10.4 Å². The fourth-order valence-electron chi connectivity index (χ4n) is 3.34. The van der Waals surface area contributed by atoms with Crippen LogP contribution in [0.15, 0.2) is 109 Å². The number of rotatable bonds is 6. The molecular formula is C28H18FO2S. The Hall–Kier alpha value is -3.89. The first kappa shape index (κ1) is 20.0. The standard InChI is InChI=1S/C28H18FO2S/c29-22-12-14-24(15-13-22)30-25-9-4-6-20(18-25)26-16-11-21(28-10-5-17-32-28)19-27(26)31-23-7-2-1-3-8-23/h1-5,7-19H. The highest BCUT2D eigenvalue weighted by Gasteiger charge is 2.12. The summed E-state index contributed by atoms with van der Waals surface area (Å²) in [7, 11) is 0. The lowest BCUT2D eigenvalue weighted by molar-refractivity contribution is 0.480. The molecule has 0 aliphatic heterocycles. The van der Waals surface area contributed by atoms with Crippen LogP contribution in [0.3, 0.4) is 0 Å². The molecule has 2 nitrogen and oxygen atoms in total. The van der Waals surface area contributed by atoms with Crippen LogP contribution in [0.1, 0.15) is 0 Å². The Morgan fingerprint density at radius 2 is 1.50 bits per heavy atom. The third-order valence-corrected chi connectivity index (χ3v) is 5.79. The fourth-order valence-corrected chi connectivity index (χ4v) is 4.07. The van der Waals surface area contributed by atoms with Gasteiger partial charge in [0.05, 0.1) is 0 Å². The monoisotopic (exact) mass is 437 g/mol. The molecule has 0 unspecified atom stereocenters. The molecule has 0 aliphatic rings. The van der Waals surface area contributed by atoms with Gasteiger partial charge in [-0.3, -0.25) is 0 Å². The second-order valence-corrected chi connectivity index (χ2v) is 8.05. The summed E-state index contributed by atoms with van der Waals surface area (Å²) >= 11 is 1.69. The van der Waals surface area contributed by atoms with Gasteiger partial charge >= 0.3 is 0 Å². The second kappa shape index (κ2) is 9.08. The van der Waals surface area contributed by atoms with E-state index in [9.17, 15) is 4.39 Å². The van der Waals surface area contributed by atoms with Crippen molar-refractivity contribution in [3.63, 3.8) is 0 Å². The van der Waals surface area contributed by atoms with E-state index in [1.165, 1.54) is 17.0 Å². The Bertz CT molecular complexity index is 1310. The van der Waals surface area contributed by atoms with Gasteiger partial charge in [0.2, 0.25) is 0 Å². The third-order valence-electron chi connectivity index (χ3n) is 4.87.